The molecule has 2 aromatic carbocycles. The van der Waals surface area contributed by atoms with E-state index in [2.05, 4.69) is 0 Å². The van der Waals surface area contributed by atoms with Gasteiger partial charge in [-0.25, -0.2) is 4.79 Å². The van der Waals surface area contributed by atoms with Crippen molar-refractivity contribution in [3.05, 3.63) is 104 Å². The molecule has 1 heterocycles. The third-order valence-corrected chi connectivity index (χ3v) is 3.85. The van der Waals surface area contributed by atoms with E-state index in [4.69, 9.17) is 0 Å². The molecule has 0 saturated heterocycles. The number of hydrogen-bond acceptors (Lipinski definition) is 2. The third kappa shape index (κ3) is 3.31. The normalized spacial score (nSPS) is 10.7. The van der Waals surface area contributed by atoms with E-state index >= 15 is 0 Å². The number of benzene rings is 2. The lowest BCUT2D eigenvalue weighted by molar-refractivity contribution is 0.598. The van der Waals surface area contributed by atoms with Crippen LogP contribution in [-0.2, 0) is 13.1 Å². The van der Waals surface area contributed by atoms with Crippen LogP contribution in [0.4, 0.5) is 0 Å². The predicted octanol–water partition coefficient (Wildman–Crippen LogP) is 2.42. The molecule has 0 aliphatic heterocycles. The standard InChI is InChI=1S/C19H18N2O2/c1-15-12-18(22)21(14-17-10-6-3-7-11-17)19(23)20(15)13-16-8-4-2-5-9-16/h2-12H,13-14H2,1H3. The van der Waals surface area contributed by atoms with Crippen molar-refractivity contribution in [2.75, 3.05) is 0 Å². The van der Waals surface area contributed by atoms with E-state index in [1.165, 1.54) is 10.6 Å². The summed E-state index contributed by atoms with van der Waals surface area (Å²) in [6, 6.07) is 20.8. The second kappa shape index (κ2) is 6.48. The van der Waals surface area contributed by atoms with Gasteiger partial charge in [0.2, 0.25) is 0 Å². The number of aromatic nitrogens is 2. The van der Waals surface area contributed by atoms with Crippen molar-refractivity contribution < 1.29 is 0 Å². The fourth-order valence-electron chi connectivity index (χ4n) is 2.60. The average molecular weight is 306 g/mol. The Morgan fingerprint density at radius 2 is 1.22 bits per heavy atom. The minimum absolute atomic E-state index is 0.263. The molecule has 4 heteroatoms. The zero-order valence-corrected chi connectivity index (χ0v) is 13.0. The molecule has 4 nitrogen and oxygen atoms in total. The summed E-state index contributed by atoms with van der Waals surface area (Å²) in [5.41, 5.74) is 2.10. The smallest absolute Gasteiger partial charge is 0.293 e. The van der Waals surface area contributed by atoms with Crippen LogP contribution in [0, 0.1) is 6.92 Å². The molecule has 1 aromatic heterocycles. The molecule has 0 fully saturated rings. The maximum Gasteiger partial charge on any atom is 0.331 e. The molecule has 0 bridgehead atoms. The molecule has 0 aliphatic rings. The van der Waals surface area contributed by atoms with Crippen LogP contribution >= 0.6 is 0 Å². The molecule has 23 heavy (non-hydrogen) atoms. The highest BCUT2D eigenvalue weighted by Gasteiger charge is 2.09. The summed E-state index contributed by atoms with van der Waals surface area (Å²) < 4.78 is 2.92. The topological polar surface area (TPSA) is 44.0 Å². The van der Waals surface area contributed by atoms with Gasteiger partial charge in [0, 0.05) is 11.8 Å². The Labute approximate surface area is 134 Å². The van der Waals surface area contributed by atoms with Crippen LogP contribution < -0.4 is 11.2 Å². The van der Waals surface area contributed by atoms with Gasteiger partial charge in [-0.2, -0.15) is 0 Å². The molecule has 0 unspecified atom stereocenters. The lowest BCUT2D eigenvalue weighted by Gasteiger charge is -2.13. The van der Waals surface area contributed by atoms with Crippen LogP contribution in [0.25, 0.3) is 0 Å². The van der Waals surface area contributed by atoms with Gasteiger partial charge in [0.25, 0.3) is 5.56 Å². The van der Waals surface area contributed by atoms with Crippen molar-refractivity contribution in [2.45, 2.75) is 20.0 Å². The second-order valence-electron chi connectivity index (χ2n) is 5.55. The molecule has 116 valence electrons. The number of nitrogens with zero attached hydrogens (tertiary/aromatic N) is 2. The second-order valence-corrected chi connectivity index (χ2v) is 5.55. The molecule has 0 radical (unpaired) electrons. The number of hydrogen-bond donors (Lipinski definition) is 0. The number of aryl methyl sites for hydroxylation is 1. The summed E-state index contributed by atoms with van der Waals surface area (Å²) in [7, 11) is 0. The fourth-order valence-corrected chi connectivity index (χ4v) is 2.60. The van der Waals surface area contributed by atoms with Crippen molar-refractivity contribution in [1.29, 1.82) is 0 Å². The van der Waals surface area contributed by atoms with Crippen molar-refractivity contribution in [2.24, 2.45) is 0 Å². The van der Waals surface area contributed by atoms with E-state index in [1.807, 2.05) is 60.7 Å². The molecule has 3 rings (SSSR count). The third-order valence-electron chi connectivity index (χ3n) is 3.85. The van der Waals surface area contributed by atoms with E-state index in [-0.39, 0.29) is 17.8 Å². The van der Waals surface area contributed by atoms with Crippen LogP contribution in [-0.4, -0.2) is 9.13 Å². The molecule has 0 amide bonds. The van der Waals surface area contributed by atoms with Crippen molar-refractivity contribution in [3.8, 4) is 0 Å². The van der Waals surface area contributed by atoms with Crippen molar-refractivity contribution >= 4 is 0 Å². The highest BCUT2D eigenvalue weighted by molar-refractivity contribution is 5.17. The summed E-state index contributed by atoms with van der Waals surface area (Å²) in [5.74, 6) is 0. The van der Waals surface area contributed by atoms with Gasteiger partial charge in [-0.15, -0.1) is 0 Å². The molecule has 0 aliphatic carbocycles. The van der Waals surface area contributed by atoms with Gasteiger partial charge in [0.05, 0.1) is 13.1 Å². The summed E-state index contributed by atoms with van der Waals surface area (Å²) >= 11 is 0. The van der Waals surface area contributed by atoms with Crippen molar-refractivity contribution in [1.82, 2.24) is 9.13 Å². The molecular weight excluding hydrogens is 288 g/mol. The SMILES string of the molecule is Cc1cc(=O)n(Cc2ccccc2)c(=O)n1Cc1ccccc1. The van der Waals surface area contributed by atoms with Gasteiger partial charge in [-0.05, 0) is 18.1 Å². The van der Waals surface area contributed by atoms with E-state index in [1.54, 1.807) is 11.5 Å². The average Bonchev–Trinajstić information content (AvgIpc) is 2.57. The van der Waals surface area contributed by atoms with Gasteiger partial charge in [-0.1, -0.05) is 60.7 Å². The Morgan fingerprint density at radius 3 is 1.74 bits per heavy atom. The van der Waals surface area contributed by atoms with Crippen LogP contribution in [0.1, 0.15) is 16.8 Å². The Morgan fingerprint density at radius 1 is 0.739 bits per heavy atom. The first kappa shape index (κ1) is 15.0. The summed E-state index contributed by atoms with van der Waals surface area (Å²) in [4.78, 5) is 25.0. The quantitative estimate of drug-likeness (QED) is 0.743. The summed E-state index contributed by atoms with van der Waals surface area (Å²) in [6.45, 7) is 2.53. The monoisotopic (exact) mass is 306 g/mol. The minimum Gasteiger partial charge on any atom is -0.293 e. The molecule has 0 spiro atoms. The first-order chi connectivity index (χ1) is 11.1. The van der Waals surface area contributed by atoms with Gasteiger partial charge < -0.3 is 0 Å². The Hall–Kier alpha value is -2.88. The lowest BCUT2D eigenvalue weighted by atomic mass is 10.2. The minimum atomic E-state index is -0.275. The first-order valence-corrected chi connectivity index (χ1v) is 7.54. The van der Waals surface area contributed by atoms with Gasteiger partial charge in [0.15, 0.2) is 0 Å². The summed E-state index contributed by atoms with van der Waals surface area (Å²) in [6.07, 6.45) is 0. The predicted molar refractivity (Wildman–Crippen MR) is 90.8 cm³/mol. The number of rotatable bonds is 4. The van der Waals surface area contributed by atoms with E-state index < -0.39 is 0 Å². The molecule has 0 N–H and O–H groups in total. The van der Waals surface area contributed by atoms with Crippen LogP contribution in [0.2, 0.25) is 0 Å². The first-order valence-electron chi connectivity index (χ1n) is 7.54. The molecule has 0 saturated carbocycles. The van der Waals surface area contributed by atoms with Crippen LogP contribution in [0.5, 0.6) is 0 Å². The zero-order chi connectivity index (χ0) is 16.2. The van der Waals surface area contributed by atoms with Gasteiger partial charge in [-0.3, -0.25) is 13.9 Å². The Kier molecular flexibility index (Phi) is 4.24. The summed E-state index contributed by atoms with van der Waals surface area (Å²) in [5, 5.41) is 0. The van der Waals surface area contributed by atoms with E-state index in [0.29, 0.717) is 12.2 Å². The lowest BCUT2D eigenvalue weighted by Crippen LogP contribution is -2.41. The molecule has 3 aromatic rings. The van der Waals surface area contributed by atoms with E-state index in [0.717, 1.165) is 11.1 Å². The van der Waals surface area contributed by atoms with Crippen LogP contribution in [0.15, 0.2) is 76.3 Å². The largest absolute Gasteiger partial charge is 0.331 e. The molecular formula is C19H18N2O2. The Balaban J connectivity index is 2.03. The highest BCUT2D eigenvalue weighted by Crippen LogP contribution is 2.03. The Bertz CT molecular complexity index is 910. The van der Waals surface area contributed by atoms with E-state index in [9.17, 15) is 9.59 Å². The maximum absolute atomic E-state index is 12.7. The zero-order valence-electron chi connectivity index (χ0n) is 13.0. The van der Waals surface area contributed by atoms with Gasteiger partial charge >= 0.3 is 5.69 Å². The fraction of sp³-hybridized carbons (Fsp3) is 0.158. The van der Waals surface area contributed by atoms with Crippen molar-refractivity contribution in [3.63, 3.8) is 0 Å². The maximum atomic E-state index is 12.7. The van der Waals surface area contributed by atoms with Gasteiger partial charge in [0.1, 0.15) is 0 Å². The molecule has 0 atom stereocenters. The highest BCUT2D eigenvalue weighted by atomic mass is 16.2. The van der Waals surface area contributed by atoms with Crippen LogP contribution in [0.3, 0.4) is 0 Å².